The second-order valence-electron chi connectivity index (χ2n) is 6.23. The van der Waals surface area contributed by atoms with Gasteiger partial charge in [-0.05, 0) is 6.42 Å². The highest BCUT2D eigenvalue weighted by Crippen LogP contribution is 2.29. The molecule has 0 bridgehead atoms. The molecule has 8 nitrogen and oxygen atoms in total. The zero-order chi connectivity index (χ0) is 16.4. The lowest BCUT2D eigenvalue weighted by Gasteiger charge is -2.28. The van der Waals surface area contributed by atoms with Crippen LogP contribution in [0.3, 0.4) is 0 Å². The number of hydrogen-bond acceptors (Lipinski definition) is 7. The van der Waals surface area contributed by atoms with Gasteiger partial charge in [-0.25, -0.2) is 4.98 Å². The number of aromatic amines is 1. The normalized spacial score (nSPS) is 20.2. The number of aliphatic hydroxyl groups excluding tert-OH is 1. The summed E-state index contributed by atoms with van der Waals surface area (Å²) in [6.45, 7) is 3.68. The van der Waals surface area contributed by atoms with Crippen LogP contribution >= 0.6 is 0 Å². The summed E-state index contributed by atoms with van der Waals surface area (Å²) in [5.41, 5.74) is 3.44. The maximum Gasteiger partial charge on any atom is 0.224 e. The first-order valence-electron chi connectivity index (χ1n) is 8.41. The van der Waals surface area contributed by atoms with Crippen molar-refractivity contribution in [2.45, 2.75) is 25.3 Å². The van der Waals surface area contributed by atoms with Gasteiger partial charge in [-0.15, -0.1) is 0 Å². The third kappa shape index (κ3) is 3.07. The van der Waals surface area contributed by atoms with Crippen molar-refractivity contribution >= 4 is 11.8 Å². The van der Waals surface area contributed by atoms with Gasteiger partial charge in [0.25, 0.3) is 0 Å². The zero-order valence-electron chi connectivity index (χ0n) is 13.5. The molecule has 128 valence electrons. The first-order valence-corrected chi connectivity index (χ1v) is 8.41. The van der Waals surface area contributed by atoms with E-state index in [1.807, 2.05) is 6.20 Å². The quantitative estimate of drug-likeness (QED) is 0.741. The van der Waals surface area contributed by atoms with E-state index in [2.05, 4.69) is 36.4 Å². The van der Waals surface area contributed by atoms with Crippen LogP contribution in [0.1, 0.15) is 29.3 Å². The predicted molar refractivity (Wildman–Crippen MR) is 89.1 cm³/mol. The van der Waals surface area contributed by atoms with Crippen LogP contribution < -0.4 is 10.2 Å². The summed E-state index contributed by atoms with van der Waals surface area (Å²) in [5, 5.41) is 19.3. The first kappa shape index (κ1) is 15.3. The first-order chi connectivity index (χ1) is 11.8. The monoisotopic (exact) mass is 330 g/mol. The summed E-state index contributed by atoms with van der Waals surface area (Å²) >= 11 is 0. The van der Waals surface area contributed by atoms with Gasteiger partial charge in [0, 0.05) is 55.9 Å². The molecule has 0 amide bonds. The molecule has 2 aliphatic heterocycles. The Labute approximate surface area is 140 Å². The van der Waals surface area contributed by atoms with E-state index >= 15 is 0 Å². The van der Waals surface area contributed by atoms with Gasteiger partial charge in [0.2, 0.25) is 5.95 Å². The molecular weight excluding hydrogens is 308 g/mol. The second kappa shape index (κ2) is 6.74. The second-order valence-corrected chi connectivity index (χ2v) is 6.23. The number of H-pyrrole nitrogens is 1. The molecule has 2 aliphatic rings. The van der Waals surface area contributed by atoms with Crippen LogP contribution in [0.4, 0.5) is 11.8 Å². The lowest BCUT2D eigenvalue weighted by atomic mass is 10.0. The number of anilines is 2. The Bertz CT molecular complexity index is 698. The fourth-order valence-electron chi connectivity index (χ4n) is 3.26. The Balaban J connectivity index is 1.62. The van der Waals surface area contributed by atoms with Crippen molar-refractivity contribution in [3.05, 3.63) is 29.2 Å². The van der Waals surface area contributed by atoms with Crippen LogP contribution in [0.15, 0.2) is 12.3 Å². The van der Waals surface area contributed by atoms with Crippen LogP contribution in [0.5, 0.6) is 0 Å². The molecule has 0 saturated carbocycles. The standard InChI is InChI=1S/C16H22N6O2/c23-5-3-17-16-19-14(11-2-6-24-10-11)7-15(20-16)22-4-1-13-12(9-22)8-18-21-13/h7-8,11,23H,1-6,9-10H2,(H,18,21)(H,17,19,20). The highest BCUT2D eigenvalue weighted by molar-refractivity contribution is 5.48. The fraction of sp³-hybridized carbons (Fsp3) is 0.562. The molecular formula is C16H22N6O2. The van der Waals surface area contributed by atoms with Crippen LogP contribution in [0.25, 0.3) is 0 Å². The number of nitrogens with one attached hydrogen (secondary N) is 2. The van der Waals surface area contributed by atoms with Crippen LogP contribution in [0.2, 0.25) is 0 Å². The molecule has 2 aromatic rings. The Morgan fingerprint density at radius 1 is 1.42 bits per heavy atom. The Hall–Kier alpha value is -2.19. The average Bonchev–Trinajstić information content (AvgIpc) is 3.30. The third-order valence-electron chi connectivity index (χ3n) is 4.60. The minimum atomic E-state index is 0.0531. The number of rotatable bonds is 5. The fourth-order valence-corrected chi connectivity index (χ4v) is 3.26. The summed E-state index contributed by atoms with van der Waals surface area (Å²) in [7, 11) is 0. The van der Waals surface area contributed by atoms with Crippen LogP contribution in [-0.2, 0) is 17.7 Å². The summed E-state index contributed by atoms with van der Waals surface area (Å²) in [5.74, 6) is 1.80. The van der Waals surface area contributed by atoms with Crippen LogP contribution in [0, 0.1) is 0 Å². The van der Waals surface area contributed by atoms with E-state index in [0.717, 1.165) is 44.0 Å². The largest absolute Gasteiger partial charge is 0.395 e. The molecule has 0 radical (unpaired) electrons. The Morgan fingerprint density at radius 2 is 2.38 bits per heavy atom. The third-order valence-corrected chi connectivity index (χ3v) is 4.60. The molecule has 2 aromatic heterocycles. The van der Waals surface area contributed by atoms with Crippen molar-refractivity contribution in [1.29, 1.82) is 0 Å². The summed E-state index contributed by atoms with van der Waals surface area (Å²) in [6.07, 6.45) is 3.81. The van der Waals surface area contributed by atoms with Gasteiger partial charge >= 0.3 is 0 Å². The molecule has 1 atom stereocenters. The Morgan fingerprint density at radius 3 is 3.21 bits per heavy atom. The summed E-state index contributed by atoms with van der Waals surface area (Å²) < 4.78 is 5.51. The lowest BCUT2D eigenvalue weighted by Crippen LogP contribution is -2.31. The lowest BCUT2D eigenvalue weighted by molar-refractivity contribution is 0.193. The van der Waals surface area contributed by atoms with E-state index in [4.69, 9.17) is 9.84 Å². The predicted octanol–water partition coefficient (Wildman–Crippen LogP) is 0.670. The van der Waals surface area contributed by atoms with Gasteiger partial charge in [0.1, 0.15) is 5.82 Å². The van der Waals surface area contributed by atoms with Crippen LogP contribution in [-0.4, -0.2) is 58.2 Å². The maximum atomic E-state index is 9.05. The molecule has 4 rings (SSSR count). The van der Waals surface area contributed by atoms with E-state index < -0.39 is 0 Å². The minimum absolute atomic E-state index is 0.0531. The van der Waals surface area contributed by atoms with E-state index in [1.165, 1.54) is 11.3 Å². The van der Waals surface area contributed by atoms with Crippen molar-refractivity contribution in [3.8, 4) is 0 Å². The molecule has 0 aromatic carbocycles. The summed E-state index contributed by atoms with van der Waals surface area (Å²) in [4.78, 5) is 11.5. The molecule has 24 heavy (non-hydrogen) atoms. The van der Waals surface area contributed by atoms with Crippen molar-refractivity contribution in [2.75, 3.05) is 43.1 Å². The van der Waals surface area contributed by atoms with E-state index in [9.17, 15) is 0 Å². The smallest absolute Gasteiger partial charge is 0.224 e. The van der Waals surface area contributed by atoms with Crippen molar-refractivity contribution in [2.24, 2.45) is 0 Å². The highest BCUT2D eigenvalue weighted by atomic mass is 16.5. The molecule has 1 unspecified atom stereocenters. The number of fused-ring (bicyclic) bond motifs is 1. The minimum Gasteiger partial charge on any atom is -0.395 e. The van der Waals surface area contributed by atoms with Crippen molar-refractivity contribution in [1.82, 2.24) is 20.2 Å². The van der Waals surface area contributed by atoms with E-state index in [1.54, 1.807) is 0 Å². The summed E-state index contributed by atoms with van der Waals surface area (Å²) in [6, 6.07) is 2.08. The topological polar surface area (TPSA) is 99.2 Å². The maximum absolute atomic E-state index is 9.05. The van der Waals surface area contributed by atoms with E-state index in [-0.39, 0.29) is 6.61 Å². The molecule has 0 spiro atoms. The van der Waals surface area contributed by atoms with E-state index in [0.29, 0.717) is 25.0 Å². The zero-order valence-corrected chi connectivity index (χ0v) is 13.5. The highest BCUT2D eigenvalue weighted by Gasteiger charge is 2.24. The van der Waals surface area contributed by atoms with Crippen molar-refractivity contribution < 1.29 is 9.84 Å². The van der Waals surface area contributed by atoms with Gasteiger partial charge in [-0.2, -0.15) is 10.1 Å². The van der Waals surface area contributed by atoms with Gasteiger partial charge in [-0.3, -0.25) is 5.10 Å². The molecule has 4 heterocycles. The van der Waals surface area contributed by atoms with Gasteiger partial charge in [0.05, 0.1) is 25.1 Å². The molecule has 1 saturated heterocycles. The number of nitrogens with zero attached hydrogens (tertiary/aromatic N) is 4. The molecule has 3 N–H and O–H groups in total. The van der Waals surface area contributed by atoms with Gasteiger partial charge < -0.3 is 20.1 Å². The van der Waals surface area contributed by atoms with Gasteiger partial charge in [0.15, 0.2) is 0 Å². The molecule has 1 fully saturated rings. The number of aliphatic hydroxyl groups is 1. The number of aromatic nitrogens is 4. The number of hydrogen-bond donors (Lipinski definition) is 3. The number of ether oxygens (including phenoxy) is 1. The molecule has 8 heteroatoms. The van der Waals surface area contributed by atoms with Crippen molar-refractivity contribution in [3.63, 3.8) is 0 Å². The average molecular weight is 330 g/mol. The van der Waals surface area contributed by atoms with Gasteiger partial charge in [-0.1, -0.05) is 0 Å². The SMILES string of the molecule is OCCNc1nc(C2CCOC2)cc(N2CCc3[nH]ncc3C2)n1. The molecule has 0 aliphatic carbocycles. The Kier molecular flexibility index (Phi) is 4.31.